The van der Waals surface area contributed by atoms with E-state index in [0.29, 0.717) is 6.61 Å². The van der Waals surface area contributed by atoms with Crippen molar-refractivity contribution >= 4 is 0 Å². The predicted molar refractivity (Wildman–Crippen MR) is 77.9 cm³/mol. The lowest BCUT2D eigenvalue weighted by molar-refractivity contribution is 0.115. The minimum atomic E-state index is -0.444. The van der Waals surface area contributed by atoms with Crippen LogP contribution in [0.5, 0.6) is 11.5 Å². The second-order valence-corrected chi connectivity index (χ2v) is 5.19. The lowest BCUT2D eigenvalue weighted by Gasteiger charge is -2.35. The van der Waals surface area contributed by atoms with Crippen LogP contribution in [0.25, 0.3) is 0 Å². The lowest BCUT2D eigenvalue weighted by atomic mass is 9.81. The van der Waals surface area contributed by atoms with Gasteiger partial charge in [0.05, 0.1) is 12.7 Å². The first-order valence-electron chi connectivity index (χ1n) is 7.21. The summed E-state index contributed by atoms with van der Waals surface area (Å²) < 4.78 is 11.5. The summed E-state index contributed by atoms with van der Waals surface area (Å²) in [7, 11) is 1.85. The summed E-state index contributed by atoms with van der Waals surface area (Å²) >= 11 is 0. The Morgan fingerprint density at radius 1 is 1.45 bits per heavy atom. The molecular formula is C16H22N2O2. The van der Waals surface area contributed by atoms with E-state index in [4.69, 9.17) is 9.47 Å². The van der Waals surface area contributed by atoms with Crippen molar-refractivity contribution in [2.45, 2.75) is 44.2 Å². The smallest absolute Gasteiger partial charge is 0.123 e. The Morgan fingerprint density at radius 3 is 2.95 bits per heavy atom. The summed E-state index contributed by atoms with van der Waals surface area (Å²) in [6, 6.07) is 10.1. The van der Waals surface area contributed by atoms with Crippen molar-refractivity contribution in [2.24, 2.45) is 0 Å². The fraction of sp³-hybridized carbons (Fsp3) is 0.562. The summed E-state index contributed by atoms with van der Waals surface area (Å²) in [4.78, 5) is 0. The van der Waals surface area contributed by atoms with E-state index >= 15 is 0 Å². The molecule has 0 bridgehead atoms. The van der Waals surface area contributed by atoms with Gasteiger partial charge >= 0.3 is 0 Å². The third-order valence-corrected chi connectivity index (χ3v) is 3.82. The average molecular weight is 274 g/mol. The first-order valence-corrected chi connectivity index (χ1v) is 7.21. The standard InChI is InChI=1S/C16H22N2O2/c1-3-19-13-6-4-7-14(10-13)20-15-8-5-9-16(11-15,12-17)18-2/h4,6-7,10,15,18H,3,5,8-9,11H2,1-2H3. The Hall–Kier alpha value is -1.73. The van der Waals surface area contributed by atoms with Crippen molar-refractivity contribution in [3.8, 4) is 17.6 Å². The van der Waals surface area contributed by atoms with Gasteiger partial charge in [-0.1, -0.05) is 6.07 Å². The molecule has 20 heavy (non-hydrogen) atoms. The Balaban J connectivity index is 2.03. The molecule has 1 aromatic rings. The molecular weight excluding hydrogens is 252 g/mol. The SMILES string of the molecule is CCOc1cccc(OC2CCCC(C#N)(NC)C2)c1. The first-order chi connectivity index (χ1) is 9.71. The first kappa shape index (κ1) is 14.7. The topological polar surface area (TPSA) is 54.3 Å². The van der Waals surface area contributed by atoms with E-state index < -0.39 is 5.54 Å². The van der Waals surface area contributed by atoms with Crippen LogP contribution in [0.15, 0.2) is 24.3 Å². The van der Waals surface area contributed by atoms with Gasteiger partial charge in [-0.15, -0.1) is 0 Å². The summed E-state index contributed by atoms with van der Waals surface area (Å²) in [5.74, 6) is 1.63. The number of nitriles is 1. The van der Waals surface area contributed by atoms with Gasteiger partial charge in [-0.3, -0.25) is 0 Å². The summed E-state index contributed by atoms with van der Waals surface area (Å²) in [5, 5.41) is 12.5. The molecule has 2 rings (SSSR count). The molecule has 108 valence electrons. The second kappa shape index (κ2) is 6.62. The molecule has 4 heteroatoms. The quantitative estimate of drug-likeness (QED) is 0.897. The molecule has 2 atom stereocenters. The highest BCUT2D eigenvalue weighted by Crippen LogP contribution is 2.31. The van der Waals surface area contributed by atoms with Crippen LogP contribution in [0.2, 0.25) is 0 Å². The fourth-order valence-electron chi connectivity index (χ4n) is 2.71. The van der Waals surface area contributed by atoms with Crippen LogP contribution in [0.1, 0.15) is 32.6 Å². The zero-order valence-corrected chi connectivity index (χ0v) is 12.2. The molecule has 1 fully saturated rings. The molecule has 1 N–H and O–H groups in total. The number of hydrogen-bond donors (Lipinski definition) is 1. The van der Waals surface area contributed by atoms with Crippen molar-refractivity contribution in [3.05, 3.63) is 24.3 Å². The van der Waals surface area contributed by atoms with E-state index in [1.165, 1.54) is 0 Å². The molecule has 0 aliphatic heterocycles. The molecule has 0 amide bonds. The molecule has 0 radical (unpaired) electrons. The number of rotatable bonds is 5. The van der Waals surface area contributed by atoms with Gasteiger partial charge < -0.3 is 14.8 Å². The van der Waals surface area contributed by atoms with E-state index in [1.54, 1.807) is 0 Å². The monoisotopic (exact) mass is 274 g/mol. The van der Waals surface area contributed by atoms with Gasteiger partial charge in [-0.05, 0) is 45.4 Å². The number of hydrogen-bond acceptors (Lipinski definition) is 4. The molecule has 1 aliphatic rings. The van der Waals surface area contributed by atoms with Crippen LogP contribution >= 0.6 is 0 Å². The molecule has 1 aliphatic carbocycles. The van der Waals surface area contributed by atoms with Gasteiger partial charge in [0.2, 0.25) is 0 Å². The molecule has 1 aromatic carbocycles. The van der Waals surface area contributed by atoms with Gasteiger partial charge in [-0.2, -0.15) is 5.26 Å². The lowest BCUT2D eigenvalue weighted by Crippen LogP contribution is -2.48. The van der Waals surface area contributed by atoms with Crippen LogP contribution in [0.3, 0.4) is 0 Å². The predicted octanol–water partition coefficient (Wildman–Crippen LogP) is 2.89. The number of benzene rings is 1. The zero-order chi connectivity index (χ0) is 14.4. The van der Waals surface area contributed by atoms with Gasteiger partial charge in [0.1, 0.15) is 23.1 Å². The normalized spacial score (nSPS) is 25.8. The molecule has 0 aromatic heterocycles. The van der Waals surface area contributed by atoms with Gasteiger partial charge in [-0.25, -0.2) is 0 Å². The second-order valence-electron chi connectivity index (χ2n) is 5.19. The van der Waals surface area contributed by atoms with E-state index in [-0.39, 0.29) is 6.10 Å². The Kier molecular flexibility index (Phi) is 4.86. The highest BCUT2D eigenvalue weighted by molar-refractivity contribution is 5.33. The fourth-order valence-corrected chi connectivity index (χ4v) is 2.71. The van der Waals surface area contributed by atoms with E-state index in [1.807, 2.05) is 38.2 Å². The molecule has 1 saturated carbocycles. The van der Waals surface area contributed by atoms with Crippen LogP contribution < -0.4 is 14.8 Å². The van der Waals surface area contributed by atoms with Crippen molar-refractivity contribution in [3.63, 3.8) is 0 Å². The van der Waals surface area contributed by atoms with Crippen molar-refractivity contribution in [2.75, 3.05) is 13.7 Å². The Morgan fingerprint density at radius 2 is 2.25 bits per heavy atom. The van der Waals surface area contributed by atoms with Crippen molar-refractivity contribution in [1.82, 2.24) is 5.32 Å². The maximum atomic E-state index is 9.35. The maximum Gasteiger partial charge on any atom is 0.123 e. The minimum Gasteiger partial charge on any atom is -0.494 e. The van der Waals surface area contributed by atoms with Crippen LogP contribution in [0.4, 0.5) is 0 Å². The van der Waals surface area contributed by atoms with Gasteiger partial charge in [0.15, 0.2) is 0 Å². The van der Waals surface area contributed by atoms with Crippen LogP contribution in [0, 0.1) is 11.3 Å². The average Bonchev–Trinajstić information content (AvgIpc) is 2.48. The number of nitrogens with zero attached hydrogens (tertiary/aromatic N) is 1. The van der Waals surface area contributed by atoms with Crippen molar-refractivity contribution in [1.29, 1.82) is 5.26 Å². The van der Waals surface area contributed by atoms with E-state index in [9.17, 15) is 5.26 Å². The maximum absolute atomic E-state index is 9.35. The minimum absolute atomic E-state index is 0.0766. The third-order valence-electron chi connectivity index (χ3n) is 3.82. The summed E-state index contributed by atoms with van der Waals surface area (Å²) in [6.07, 6.45) is 3.68. The highest BCUT2D eigenvalue weighted by Gasteiger charge is 2.36. The Bertz CT molecular complexity index is 484. The summed E-state index contributed by atoms with van der Waals surface area (Å²) in [6.45, 7) is 2.60. The molecule has 0 heterocycles. The van der Waals surface area contributed by atoms with Crippen LogP contribution in [-0.2, 0) is 0 Å². The largest absolute Gasteiger partial charge is 0.494 e. The van der Waals surface area contributed by atoms with E-state index in [0.717, 1.165) is 37.2 Å². The van der Waals surface area contributed by atoms with E-state index in [2.05, 4.69) is 11.4 Å². The molecule has 4 nitrogen and oxygen atoms in total. The Labute approximate surface area is 120 Å². The number of ether oxygens (including phenoxy) is 2. The van der Waals surface area contributed by atoms with Crippen molar-refractivity contribution < 1.29 is 9.47 Å². The molecule has 0 saturated heterocycles. The summed E-state index contributed by atoms with van der Waals surface area (Å²) in [5.41, 5.74) is -0.444. The van der Waals surface area contributed by atoms with Gasteiger partial charge in [0.25, 0.3) is 0 Å². The van der Waals surface area contributed by atoms with Crippen LogP contribution in [-0.4, -0.2) is 25.3 Å². The third kappa shape index (κ3) is 3.43. The highest BCUT2D eigenvalue weighted by atomic mass is 16.5. The zero-order valence-electron chi connectivity index (χ0n) is 12.2. The molecule has 0 spiro atoms. The van der Waals surface area contributed by atoms with Gasteiger partial charge in [0, 0.05) is 12.5 Å². The molecule has 2 unspecified atom stereocenters. The number of nitrogens with one attached hydrogen (secondary N) is 1.